The summed E-state index contributed by atoms with van der Waals surface area (Å²) in [6, 6.07) is 21.2. The molecule has 1 saturated heterocycles. The predicted octanol–water partition coefficient (Wildman–Crippen LogP) is 5.51. The highest BCUT2D eigenvalue weighted by Crippen LogP contribution is 2.34. The van der Waals surface area contributed by atoms with Crippen LogP contribution in [0.1, 0.15) is 45.9 Å². The molecule has 8 rings (SSSR count). The number of furan rings is 1. The maximum atomic E-state index is 12.9. The van der Waals surface area contributed by atoms with Crippen molar-refractivity contribution in [3.63, 3.8) is 0 Å². The molecule has 0 bridgehead atoms. The number of amides is 3. The zero-order valence-electron chi connectivity index (χ0n) is 28.6. The van der Waals surface area contributed by atoms with Crippen LogP contribution in [0, 0.1) is 18.8 Å². The summed E-state index contributed by atoms with van der Waals surface area (Å²) in [5, 5.41) is 7.93. The van der Waals surface area contributed by atoms with Crippen molar-refractivity contribution in [1.82, 2.24) is 29.7 Å². The minimum atomic E-state index is -0.463. The number of piperidine rings is 1. The molecule has 1 aliphatic rings. The van der Waals surface area contributed by atoms with E-state index in [0.717, 1.165) is 60.7 Å². The first-order valence-electron chi connectivity index (χ1n) is 16.8. The molecule has 1 unspecified atom stereocenters. The first-order valence-corrected chi connectivity index (χ1v) is 16.8. The van der Waals surface area contributed by atoms with Gasteiger partial charge in [-0.15, -0.1) is 0 Å². The van der Waals surface area contributed by atoms with E-state index in [-0.39, 0.29) is 42.1 Å². The molecule has 2 N–H and O–H groups in total. The van der Waals surface area contributed by atoms with Gasteiger partial charge >= 0.3 is 5.69 Å². The van der Waals surface area contributed by atoms with Gasteiger partial charge in [0.25, 0.3) is 5.91 Å². The number of fused-ring (bicyclic) bond motifs is 3. The highest BCUT2D eigenvalue weighted by Gasteiger charge is 2.30. The molecule has 11 heteroatoms. The highest BCUT2D eigenvalue weighted by atomic mass is 16.3. The molecule has 0 radical (unpaired) electrons. The molecule has 5 heterocycles. The van der Waals surface area contributed by atoms with Crippen LogP contribution in [-0.2, 0) is 23.7 Å². The summed E-state index contributed by atoms with van der Waals surface area (Å²) in [6.45, 7) is 2.12. The lowest BCUT2D eigenvalue weighted by Gasteiger charge is -2.19. The normalized spacial score (nSPS) is 14.4. The van der Waals surface area contributed by atoms with Gasteiger partial charge in [-0.05, 0) is 84.0 Å². The summed E-state index contributed by atoms with van der Waals surface area (Å²) in [5.74, 6) is 4.61. The van der Waals surface area contributed by atoms with Crippen LogP contribution in [0.2, 0.25) is 0 Å². The van der Waals surface area contributed by atoms with E-state index in [9.17, 15) is 19.2 Å². The van der Waals surface area contributed by atoms with Gasteiger partial charge in [-0.3, -0.25) is 38.8 Å². The molecule has 11 nitrogen and oxygen atoms in total. The number of carbonyl (C=O) groups is 3. The molecule has 52 heavy (non-hydrogen) atoms. The first-order chi connectivity index (χ1) is 25.2. The molecule has 1 fully saturated rings. The van der Waals surface area contributed by atoms with Crippen molar-refractivity contribution >= 4 is 50.5 Å². The molecule has 0 spiro atoms. The lowest BCUT2D eigenvalue weighted by molar-refractivity contribution is -0.134. The van der Waals surface area contributed by atoms with Crippen molar-refractivity contribution in [1.29, 1.82) is 0 Å². The molecule has 256 valence electrons. The Morgan fingerprint density at radius 3 is 2.63 bits per heavy atom. The number of hydrogen-bond acceptors (Lipinski definition) is 7. The SMILES string of the molecule is Cc1cc(-c2cccc3cc(-c4ccc(C(=O)NCC#Cc5ccc6occ(C7CCC(=O)NC7=O)c6c5)nc4)ncc23)cc2c1n(C)c(=O)n2C. The molecule has 0 saturated carbocycles. The maximum absolute atomic E-state index is 12.9. The first kappa shape index (κ1) is 32.4. The van der Waals surface area contributed by atoms with E-state index in [1.165, 1.54) is 0 Å². The number of imide groups is 1. The number of hydrogen-bond donors (Lipinski definition) is 2. The van der Waals surface area contributed by atoms with E-state index in [4.69, 9.17) is 9.40 Å². The van der Waals surface area contributed by atoms with E-state index in [2.05, 4.69) is 39.6 Å². The molecule has 3 aromatic carbocycles. The fraction of sp³-hybridized carbons (Fsp3) is 0.171. The number of imidazole rings is 1. The molecule has 7 aromatic rings. The van der Waals surface area contributed by atoms with Gasteiger partial charge < -0.3 is 9.73 Å². The Morgan fingerprint density at radius 1 is 0.962 bits per heavy atom. The van der Waals surface area contributed by atoms with E-state index in [0.29, 0.717) is 17.6 Å². The summed E-state index contributed by atoms with van der Waals surface area (Å²) < 4.78 is 9.00. The average Bonchev–Trinajstić information content (AvgIpc) is 3.66. The lowest BCUT2D eigenvalue weighted by atomic mass is 9.90. The van der Waals surface area contributed by atoms with Crippen LogP contribution in [0.5, 0.6) is 0 Å². The summed E-state index contributed by atoms with van der Waals surface area (Å²) in [5.41, 5.74) is 8.58. The van der Waals surface area contributed by atoms with Crippen molar-refractivity contribution < 1.29 is 18.8 Å². The number of nitrogens with one attached hydrogen (secondary N) is 2. The van der Waals surface area contributed by atoms with Crippen LogP contribution in [0.25, 0.3) is 55.2 Å². The molecule has 3 amide bonds. The number of rotatable bonds is 5. The largest absolute Gasteiger partial charge is 0.464 e. The van der Waals surface area contributed by atoms with Crippen LogP contribution >= 0.6 is 0 Å². The van der Waals surface area contributed by atoms with E-state index >= 15 is 0 Å². The summed E-state index contributed by atoms with van der Waals surface area (Å²) >= 11 is 0. The number of carbonyl (C=O) groups excluding carboxylic acids is 3. The van der Waals surface area contributed by atoms with Crippen molar-refractivity contribution in [3.8, 4) is 34.2 Å². The van der Waals surface area contributed by atoms with Crippen LogP contribution in [0.3, 0.4) is 0 Å². The Labute approximate surface area is 297 Å². The second kappa shape index (κ2) is 12.8. The van der Waals surface area contributed by atoms with Crippen LogP contribution in [-0.4, -0.2) is 43.4 Å². The number of pyridine rings is 2. The Balaban J connectivity index is 0.955. The second-order valence-electron chi connectivity index (χ2n) is 13.0. The number of aryl methyl sites for hydroxylation is 3. The summed E-state index contributed by atoms with van der Waals surface area (Å²) in [6.07, 6.45) is 5.75. The van der Waals surface area contributed by atoms with Crippen LogP contribution in [0.15, 0.2) is 94.6 Å². The van der Waals surface area contributed by atoms with Gasteiger partial charge in [-0.25, -0.2) is 4.79 Å². The lowest BCUT2D eigenvalue weighted by Crippen LogP contribution is -2.39. The third-order valence-electron chi connectivity index (χ3n) is 9.71. The van der Waals surface area contributed by atoms with Crippen molar-refractivity contribution in [3.05, 3.63) is 118 Å². The van der Waals surface area contributed by atoms with Gasteiger partial charge in [0.05, 0.1) is 35.5 Å². The molecule has 1 atom stereocenters. The van der Waals surface area contributed by atoms with Crippen molar-refractivity contribution in [2.45, 2.75) is 25.7 Å². The fourth-order valence-corrected chi connectivity index (χ4v) is 7.04. The van der Waals surface area contributed by atoms with Gasteiger partial charge in [0.1, 0.15) is 11.3 Å². The van der Waals surface area contributed by atoms with Crippen LogP contribution < -0.4 is 16.3 Å². The van der Waals surface area contributed by atoms with Gasteiger partial charge in [0.2, 0.25) is 11.8 Å². The maximum Gasteiger partial charge on any atom is 0.328 e. The zero-order valence-corrected chi connectivity index (χ0v) is 28.6. The topological polar surface area (TPSA) is 141 Å². The Bertz CT molecular complexity index is 2740. The molecule has 4 aromatic heterocycles. The molecule has 0 aliphatic carbocycles. The van der Waals surface area contributed by atoms with Crippen molar-refractivity contribution in [2.75, 3.05) is 6.54 Å². The standard InChI is InChI=1S/C41H32N6O5/c1-23-16-27(19-35-38(23)47(3)41(51)46(35)2)28-8-4-7-25-18-34(44-21-31(25)28)26-10-12-33(43-20-26)40(50)42-15-5-6-24-9-13-36-30(17-24)32(22-52-36)29-11-14-37(48)45-39(29)49/h4,7-10,12-13,16-22,29H,11,14-15H2,1-3H3,(H,42,50)(H,45,48,49). The van der Waals surface area contributed by atoms with E-state index in [1.807, 2.05) is 55.6 Å². The van der Waals surface area contributed by atoms with Gasteiger partial charge in [-0.2, -0.15) is 0 Å². The van der Waals surface area contributed by atoms with E-state index < -0.39 is 5.92 Å². The van der Waals surface area contributed by atoms with Crippen LogP contribution in [0.4, 0.5) is 0 Å². The smallest absolute Gasteiger partial charge is 0.328 e. The Hall–Kier alpha value is -6.80. The summed E-state index contributed by atoms with van der Waals surface area (Å²) in [7, 11) is 3.58. The number of aromatic nitrogens is 4. The quantitative estimate of drug-likeness (QED) is 0.180. The third-order valence-corrected chi connectivity index (χ3v) is 9.71. The molecular weight excluding hydrogens is 656 g/mol. The Kier molecular flexibility index (Phi) is 7.99. The molecular formula is C41H32N6O5. The average molecular weight is 689 g/mol. The number of nitrogens with zero attached hydrogens (tertiary/aromatic N) is 4. The Morgan fingerprint density at radius 2 is 1.83 bits per heavy atom. The van der Waals surface area contributed by atoms with Gasteiger partial charge in [0.15, 0.2) is 0 Å². The van der Waals surface area contributed by atoms with Crippen molar-refractivity contribution in [2.24, 2.45) is 14.1 Å². The molecule has 1 aliphatic heterocycles. The monoisotopic (exact) mass is 688 g/mol. The zero-order chi connectivity index (χ0) is 36.1. The van der Waals surface area contributed by atoms with Gasteiger partial charge in [-0.1, -0.05) is 30.0 Å². The fourth-order valence-electron chi connectivity index (χ4n) is 7.04. The van der Waals surface area contributed by atoms with E-state index in [1.54, 1.807) is 47.8 Å². The second-order valence-corrected chi connectivity index (χ2v) is 13.0. The predicted molar refractivity (Wildman–Crippen MR) is 197 cm³/mol. The number of benzene rings is 3. The van der Waals surface area contributed by atoms with Gasteiger partial charge in [0, 0.05) is 60.4 Å². The minimum absolute atomic E-state index is 0.0605. The summed E-state index contributed by atoms with van der Waals surface area (Å²) in [4.78, 5) is 58.6. The minimum Gasteiger partial charge on any atom is -0.464 e. The highest BCUT2D eigenvalue weighted by molar-refractivity contribution is 6.03. The third kappa shape index (κ3) is 5.70.